The van der Waals surface area contributed by atoms with Gasteiger partial charge >= 0.3 is 0 Å². The Morgan fingerprint density at radius 2 is 1.82 bits per heavy atom. The van der Waals surface area contributed by atoms with Crippen LogP contribution in [0.15, 0.2) is 71.9 Å². The number of hydrogen-bond donors (Lipinski definition) is 1. The standard InChI is InChI=1S/C25H21BrN4O3/c1-33-18-6-3-16(4-7-18)22-23(25(32)28-24(22)31)20-14-30(11-2-10-29-12-9-27-15-29)21-8-5-17(26)13-19(20)21/h3-9,12-15H,2,10-11H2,1H3,(H,28,31,32). The average molecular weight is 505 g/mol. The quantitative estimate of drug-likeness (QED) is 0.381. The van der Waals surface area contributed by atoms with E-state index in [1.807, 2.05) is 35.2 Å². The van der Waals surface area contributed by atoms with Crippen LogP contribution in [0.4, 0.5) is 0 Å². The van der Waals surface area contributed by atoms with E-state index in [9.17, 15) is 9.59 Å². The van der Waals surface area contributed by atoms with Gasteiger partial charge in [-0.2, -0.15) is 0 Å². The second-order valence-electron chi connectivity index (χ2n) is 7.81. The SMILES string of the molecule is COc1ccc(C2=C(c3cn(CCCn4ccnc4)c4ccc(Br)cc34)C(=O)NC2=O)cc1. The molecule has 0 atom stereocenters. The van der Waals surface area contributed by atoms with Gasteiger partial charge in [0.15, 0.2) is 0 Å². The van der Waals surface area contributed by atoms with Crippen molar-refractivity contribution in [3.63, 3.8) is 0 Å². The summed E-state index contributed by atoms with van der Waals surface area (Å²) in [5.41, 5.74) is 3.18. The second kappa shape index (κ2) is 8.71. The molecule has 5 rings (SSSR count). The fourth-order valence-corrected chi connectivity index (χ4v) is 4.60. The zero-order valence-corrected chi connectivity index (χ0v) is 19.5. The summed E-state index contributed by atoms with van der Waals surface area (Å²) in [7, 11) is 1.59. The number of carbonyl (C=O) groups is 2. The molecule has 0 spiro atoms. The second-order valence-corrected chi connectivity index (χ2v) is 8.73. The topological polar surface area (TPSA) is 78.2 Å². The van der Waals surface area contributed by atoms with Crippen LogP contribution in [0, 0.1) is 0 Å². The number of imidazole rings is 1. The molecular weight excluding hydrogens is 484 g/mol. The number of rotatable bonds is 7. The lowest BCUT2D eigenvalue weighted by Gasteiger charge is -2.06. The smallest absolute Gasteiger partial charge is 0.259 e. The fraction of sp³-hybridized carbons (Fsp3) is 0.160. The molecule has 3 heterocycles. The van der Waals surface area contributed by atoms with E-state index in [0.29, 0.717) is 22.5 Å². The lowest BCUT2D eigenvalue weighted by Crippen LogP contribution is -2.22. The van der Waals surface area contributed by atoms with Gasteiger partial charge in [0.2, 0.25) is 0 Å². The summed E-state index contributed by atoms with van der Waals surface area (Å²) in [6.45, 7) is 1.60. The van der Waals surface area contributed by atoms with Crippen molar-refractivity contribution in [2.24, 2.45) is 0 Å². The molecule has 4 aromatic rings. The summed E-state index contributed by atoms with van der Waals surface area (Å²) >= 11 is 3.55. The number of fused-ring (bicyclic) bond motifs is 1. The van der Waals surface area contributed by atoms with Gasteiger partial charge in [-0.15, -0.1) is 0 Å². The number of benzene rings is 2. The molecule has 2 aromatic carbocycles. The van der Waals surface area contributed by atoms with Crippen molar-refractivity contribution in [2.45, 2.75) is 19.5 Å². The van der Waals surface area contributed by atoms with Crippen molar-refractivity contribution in [2.75, 3.05) is 7.11 Å². The molecule has 0 bridgehead atoms. The van der Waals surface area contributed by atoms with E-state index in [-0.39, 0.29) is 5.91 Å². The molecule has 0 unspecified atom stereocenters. The molecule has 166 valence electrons. The summed E-state index contributed by atoms with van der Waals surface area (Å²) in [5, 5.41) is 3.39. The maximum Gasteiger partial charge on any atom is 0.259 e. The van der Waals surface area contributed by atoms with Gasteiger partial charge in [0, 0.05) is 52.6 Å². The predicted molar refractivity (Wildman–Crippen MR) is 129 cm³/mol. The first-order chi connectivity index (χ1) is 16.0. The molecule has 0 aliphatic carbocycles. The molecule has 1 aliphatic rings. The minimum atomic E-state index is -0.392. The Bertz CT molecular complexity index is 1390. The monoisotopic (exact) mass is 504 g/mol. The highest BCUT2D eigenvalue weighted by Crippen LogP contribution is 2.37. The van der Waals surface area contributed by atoms with Crippen LogP contribution >= 0.6 is 15.9 Å². The first-order valence-electron chi connectivity index (χ1n) is 10.5. The molecule has 0 fully saturated rings. The van der Waals surface area contributed by atoms with Crippen LogP contribution in [0.25, 0.3) is 22.0 Å². The number of aryl methyl sites for hydroxylation is 2. The highest BCUT2D eigenvalue weighted by atomic mass is 79.9. The number of halogens is 1. The van der Waals surface area contributed by atoms with E-state index in [1.54, 1.807) is 43.9 Å². The molecule has 2 amide bonds. The van der Waals surface area contributed by atoms with Gasteiger partial charge in [-0.25, -0.2) is 4.98 Å². The Morgan fingerprint density at radius 1 is 1.03 bits per heavy atom. The lowest BCUT2D eigenvalue weighted by atomic mass is 9.96. The lowest BCUT2D eigenvalue weighted by molar-refractivity contribution is -0.122. The van der Waals surface area contributed by atoms with E-state index >= 15 is 0 Å². The first-order valence-corrected chi connectivity index (χ1v) is 11.3. The maximum atomic E-state index is 13.0. The fourth-order valence-electron chi connectivity index (χ4n) is 4.24. The number of amides is 2. The van der Waals surface area contributed by atoms with Gasteiger partial charge in [0.05, 0.1) is 24.6 Å². The van der Waals surface area contributed by atoms with Crippen molar-refractivity contribution >= 4 is 49.8 Å². The number of nitrogens with zero attached hydrogens (tertiary/aromatic N) is 3. The van der Waals surface area contributed by atoms with Crippen LogP contribution in [-0.4, -0.2) is 33.0 Å². The molecule has 1 aliphatic heterocycles. The summed E-state index contributed by atoms with van der Waals surface area (Å²) in [5.74, 6) is -0.0940. The van der Waals surface area contributed by atoms with Gasteiger partial charge in [-0.05, 0) is 42.3 Å². The van der Waals surface area contributed by atoms with Gasteiger partial charge < -0.3 is 13.9 Å². The Balaban J connectivity index is 1.60. The zero-order chi connectivity index (χ0) is 22.9. The van der Waals surface area contributed by atoms with E-state index in [0.717, 1.165) is 40.4 Å². The van der Waals surface area contributed by atoms with Gasteiger partial charge in [0.1, 0.15) is 5.75 Å². The molecule has 0 saturated heterocycles. The zero-order valence-electron chi connectivity index (χ0n) is 17.9. The molecule has 0 saturated carbocycles. The summed E-state index contributed by atoms with van der Waals surface area (Å²) in [6.07, 6.45) is 8.38. The Kier molecular flexibility index (Phi) is 5.60. The number of hydrogen-bond acceptors (Lipinski definition) is 4. The normalized spacial score (nSPS) is 13.8. The van der Waals surface area contributed by atoms with Crippen LogP contribution in [0.5, 0.6) is 5.75 Å². The number of aromatic nitrogens is 3. The van der Waals surface area contributed by atoms with Gasteiger partial charge in [0.25, 0.3) is 11.8 Å². The Labute approximate surface area is 198 Å². The van der Waals surface area contributed by atoms with Crippen LogP contribution < -0.4 is 10.1 Å². The number of imide groups is 1. The number of carbonyl (C=O) groups excluding carboxylic acids is 2. The molecular formula is C25H21BrN4O3. The van der Waals surface area contributed by atoms with Gasteiger partial charge in [-0.1, -0.05) is 28.1 Å². The molecule has 2 aromatic heterocycles. The Morgan fingerprint density at radius 3 is 2.55 bits per heavy atom. The van der Waals surface area contributed by atoms with Crippen molar-refractivity contribution < 1.29 is 14.3 Å². The van der Waals surface area contributed by atoms with Gasteiger partial charge in [-0.3, -0.25) is 14.9 Å². The molecule has 7 nitrogen and oxygen atoms in total. The molecule has 8 heteroatoms. The van der Waals surface area contributed by atoms with E-state index < -0.39 is 5.91 Å². The molecule has 33 heavy (non-hydrogen) atoms. The third kappa shape index (κ3) is 3.98. The molecule has 0 radical (unpaired) electrons. The van der Waals surface area contributed by atoms with E-state index in [1.165, 1.54) is 0 Å². The number of methoxy groups -OCH3 is 1. The predicted octanol–water partition coefficient (Wildman–Crippen LogP) is 4.27. The van der Waals surface area contributed by atoms with Crippen molar-refractivity contribution in [3.05, 3.63) is 83.0 Å². The highest BCUT2D eigenvalue weighted by molar-refractivity contribution is 9.10. The van der Waals surface area contributed by atoms with Crippen LogP contribution in [-0.2, 0) is 22.7 Å². The molecule has 1 N–H and O–H groups in total. The Hall–Kier alpha value is -3.65. The third-order valence-electron chi connectivity index (χ3n) is 5.80. The average Bonchev–Trinajstić information content (AvgIpc) is 3.52. The largest absolute Gasteiger partial charge is 0.497 e. The number of nitrogens with one attached hydrogen (secondary N) is 1. The van der Waals surface area contributed by atoms with Crippen molar-refractivity contribution in [1.29, 1.82) is 0 Å². The first kappa shape index (κ1) is 21.2. The van der Waals surface area contributed by atoms with Crippen LogP contribution in [0.1, 0.15) is 17.5 Å². The van der Waals surface area contributed by atoms with Crippen molar-refractivity contribution in [3.8, 4) is 5.75 Å². The van der Waals surface area contributed by atoms with E-state index in [4.69, 9.17) is 4.74 Å². The third-order valence-corrected chi connectivity index (χ3v) is 6.29. The van der Waals surface area contributed by atoms with E-state index in [2.05, 4.69) is 30.8 Å². The van der Waals surface area contributed by atoms with Crippen molar-refractivity contribution in [1.82, 2.24) is 19.4 Å². The van der Waals surface area contributed by atoms with Crippen LogP contribution in [0.3, 0.4) is 0 Å². The minimum absolute atomic E-state index is 0.375. The summed E-state index contributed by atoms with van der Waals surface area (Å²) < 4.78 is 10.3. The highest BCUT2D eigenvalue weighted by Gasteiger charge is 2.34. The van der Waals surface area contributed by atoms with Crippen LogP contribution in [0.2, 0.25) is 0 Å². The minimum Gasteiger partial charge on any atom is -0.497 e. The maximum absolute atomic E-state index is 13.0. The summed E-state index contributed by atoms with van der Waals surface area (Å²) in [6, 6.07) is 13.2. The number of ether oxygens (including phenoxy) is 1. The summed E-state index contributed by atoms with van der Waals surface area (Å²) in [4.78, 5) is 29.8.